The lowest BCUT2D eigenvalue weighted by Crippen LogP contribution is -2.53. The number of benzene rings is 2. The Morgan fingerprint density at radius 3 is 2.29 bits per heavy atom. The average Bonchev–Trinajstić information content (AvgIpc) is 2.71. The second-order valence-corrected chi connectivity index (χ2v) is 6.90. The van der Waals surface area contributed by atoms with Gasteiger partial charge in [0.2, 0.25) is 5.91 Å². The number of halogens is 1. The van der Waals surface area contributed by atoms with Crippen LogP contribution in [-0.4, -0.2) is 54.5 Å². The van der Waals surface area contributed by atoms with Crippen molar-refractivity contribution < 1.29 is 14.0 Å². The van der Waals surface area contributed by atoms with Crippen LogP contribution >= 0.6 is 0 Å². The molecule has 3 rings (SSSR count). The van der Waals surface area contributed by atoms with E-state index in [1.54, 1.807) is 4.90 Å². The molecule has 2 aromatic carbocycles. The average molecular weight is 384 g/mol. The molecule has 7 heteroatoms. The third kappa shape index (κ3) is 5.53. The summed E-state index contributed by atoms with van der Waals surface area (Å²) < 4.78 is 12.9. The van der Waals surface area contributed by atoms with Crippen molar-refractivity contribution >= 4 is 17.6 Å². The molecule has 0 saturated carbocycles. The largest absolute Gasteiger partial charge is 0.331 e. The first-order valence-electron chi connectivity index (χ1n) is 9.39. The molecule has 0 aliphatic carbocycles. The molecule has 0 radical (unpaired) electrons. The molecule has 2 aromatic rings. The molecule has 0 aromatic heterocycles. The second-order valence-electron chi connectivity index (χ2n) is 6.90. The van der Waals surface area contributed by atoms with Crippen LogP contribution in [0.5, 0.6) is 0 Å². The van der Waals surface area contributed by atoms with Gasteiger partial charge in [-0.1, -0.05) is 30.3 Å². The minimum Gasteiger partial charge on any atom is -0.331 e. The van der Waals surface area contributed by atoms with Crippen molar-refractivity contribution in [2.45, 2.75) is 13.0 Å². The van der Waals surface area contributed by atoms with Gasteiger partial charge in [0.15, 0.2) is 0 Å². The predicted octanol–water partition coefficient (Wildman–Crippen LogP) is 2.85. The minimum atomic E-state index is -0.339. The molecule has 1 heterocycles. The summed E-state index contributed by atoms with van der Waals surface area (Å²) in [5.41, 5.74) is 1.63. The number of anilines is 1. The van der Waals surface area contributed by atoms with Gasteiger partial charge in [-0.25, -0.2) is 9.18 Å². The summed E-state index contributed by atoms with van der Waals surface area (Å²) in [7, 11) is 0. The highest BCUT2D eigenvalue weighted by molar-refractivity contribution is 5.92. The summed E-state index contributed by atoms with van der Waals surface area (Å²) in [6.07, 6.45) is 0. The fraction of sp³-hybridized carbons (Fsp3) is 0.333. The molecule has 0 bridgehead atoms. The van der Waals surface area contributed by atoms with Crippen molar-refractivity contribution in [3.05, 3.63) is 66.0 Å². The number of carbonyl (C=O) groups excluding carboxylic acids is 2. The summed E-state index contributed by atoms with van der Waals surface area (Å²) in [6.45, 7) is 4.60. The zero-order valence-electron chi connectivity index (χ0n) is 15.9. The number of rotatable bonds is 5. The molecule has 1 fully saturated rings. The van der Waals surface area contributed by atoms with Gasteiger partial charge in [-0.3, -0.25) is 9.69 Å². The van der Waals surface area contributed by atoms with E-state index in [9.17, 15) is 14.0 Å². The van der Waals surface area contributed by atoms with E-state index in [1.807, 2.05) is 42.2 Å². The Balaban J connectivity index is 1.41. The van der Waals surface area contributed by atoms with E-state index in [0.29, 0.717) is 31.9 Å². The van der Waals surface area contributed by atoms with E-state index in [-0.39, 0.29) is 30.3 Å². The Morgan fingerprint density at radius 1 is 1.00 bits per heavy atom. The number of hydrogen-bond donors (Lipinski definition) is 2. The van der Waals surface area contributed by atoms with Crippen LogP contribution in [-0.2, 0) is 4.79 Å². The smallest absolute Gasteiger partial charge is 0.317 e. The van der Waals surface area contributed by atoms with Gasteiger partial charge in [0, 0.05) is 31.9 Å². The number of piperazine rings is 1. The summed E-state index contributed by atoms with van der Waals surface area (Å²) >= 11 is 0. The van der Waals surface area contributed by atoms with E-state index in [2.05, 4.69) is 10.6 Å². The van der Waals surface area contributed by atoms with E-state index in [0.717, 1.165) is 5.56 Å². The number of hydrogen-bond acceptors (Lipinski definition) is 3. The van der Waals surface area contributed by atoms with Gasteiger partial charge < -0.3 is 15.5 Å². The van der Waals surface area contributed by atoms with E-state index < -0.39 is 0 Å². The van der Waals surface area contributed by atoms with Crippen molar-refractivity contribution in [1.82, 2.24) is 15.1 Å². The molecule has 0 spiro atoms. The van der Waals surface area contributed by atoms with Crippen molar-refractivity contribution in [2.24, 2.45) is 0 Å². The first kappa shape index (κ1) is 19.8. The normalized spacial score (nSPS) is 15.7. The predicted molar refractivity (Wildman–Crippen MR) is 106 cm³/mol. The number of urea groups is 1. The lowest BCUT2D eigenvalue weighted by molar-refractivity contribution is -0.117. The van der Waals surface area contributed by atoms with Gasteiger partial charge in [0.25, 0.3) is 0 Å². The highest BCUT2D eigenvalue weighted by atomic mass is 19.1. The first-order valence-corrected chi connectivity index (χ1v) is 9.39. The molecule has 1 aliphatic rings. The monoisotopic (exact) mass is 384 g/mol. The Hall–Kier alpha value is -2.93. The third-order valence-corrected chi connectivity index (χ3v) is 4.79. The lowest BCUT2D eigenvalue weighted by Gasteiger charge is -2.35. The molecule has 1 aliphatic heterocycles. The van der Waals surface area contributed by atoms with Crippen LogP contribution in [0.2, 0.25) is 0 Å². The van der Waals surface area contributed by atoms with E-state index in [4.69, 9.17) is 0 Å². The number of carbonyl (C=O) groups is 2. The summed E-state index contributed by atoms with van der Waals surface area (Å²) in [5, 5.41) is 5.77. The summed E-state index contributed by atoms with van der Waals surface area (Å²) in [4.78, 5) is 28.4. The van der Waals surface area contributed by atoms with Gasteiger partial charge in [-0.2, -0.15) is 0 Å². The standard InChI is InChI=1S/C21H25FN4O2/c1-16(17-5-3-2-4-6-17)23-21(28)26-13-11-25(12-14-26)15-20(27)24-19-9-7-18(22)8-10-19/h2-10,16H,11-15H2,1H3,(H,23,28)(H,24,27). The van der Waals surface area contributed by atoms with Crippen LogP contribution in [0.4, 0.5) is 14.9 Å². The van der Waals surface area contributed by atoms with Crippen molar-refractivity contribution in [2.75, 3.05) is 38.0 Å². The van der Waals surface area contributed by atoms with Crippen LogP contribution in [0.3, 0.4) is 0 Å². The maximum absolute atomic E-state index is 12.9. The molecule has 6 nitrogen and oxygen atoms in total. The highest BCUT2D eigenvalue weighted by Gasteiger charge is 2.23. The molecule has 1 atom stereocenters. The minimum absolute atomic E-state index is 0.0618. The molecule has 3 amide bonds. The van der Waals surface area contributed by atoms with Crippen LogP contribution in [0, 0.1) is 5.82 Å². The lowest BCUT2D eigenvalue weighted by atomic mass is 10.1. The van der Waals surface area contributed by atoms with Gasteiger partial charge >= 0.3 is 6.03 Å². The van der Waals surface area contributed by atoms with Gasteiger partial charge in [0.1, 0.15) is 5.82 Å². The third-order valence-electron chi connectivity index (χ3n) is 4.79. The van der Waals surface area contributed by atoms with Gasteiger partial charge in [-0.15, -0.1) is 0 Å². The molecular weight excluding hydrogens is 359 g/mol. The second kappa shape index (κ2) is 9.32. The molecular formula is C21H25FN4O2. The van der Waals surface area contributed by atoms with Gasteiger partial charge in [0.05, 0.1) is 12.6 Å². The van der Waals surface area contributed by atoms with E-state index >= 15 is 0 Å². The van der Waals surface area contributed by atoms with Crippen molar-refractivity contribution in [3.63, 3.8) is 0 Å². The zero-order chi connectivity index (χ0) is 19.9. The van der Waals surface area contributed by atoms with Gasteiger partial charge in [-0.05, 0) is 36.8 Å². The van der Waals surface area contributed by atoms with Crippen LogP contribution in [0.1, 0.15) is 18.5 Å². The van der Waals surface area contributed by atoms with Crippen LogP contribution in [0.25, 0.3) is 0 Å². The fourth-order valence-electron chi connectivity index (χ4n) is 3.15. The molecule has 1 unspecified atom stereocenters. The molecule has 1 saturated heterocycles. The fourth-order valence-corrected chi connectivity index (χ4v) is 3.15. The highest BCUT2D eigenvalue weighted by Crippen LogP contribution is 2.13. The quantitative estimate of drug-likeness (QED) is 0.833. The number of nitrogens with zero attached hydrogens (tertiary/aromatic N) is 2. The topological polar surface area (TPSA) is 64.7 Å². The molecule has 148 valence electrons. The Kier molecular flexibility index (Phi) is 6.60. The Labute approximate surface area is 164 Å². The number of amides is 3. The van der Waals surface area contributed by atoms with E-state index in [1.165, 1.54) is 24.3 Å². The van der Waals surface area contributed by atoms with Crippen molar-refractivity contribution in [1.29, 1.82) is 0 Å². The van der Waals surface area contributed by atoms with Crippen molar-refractivity contribution in [3.8, 4) is 0 Å². The SMILES string of the molecule is CC(NC(=O)N1CCN(CC(=O)Nc2ccc(F)cc2)CC1)c1ccccc1. The summed E-state index contributed by atoms with van der Waals surface area (Å²) in [6, 6.07) is 15.4. The molecule has 28 heavy (non-hydrogen) atoms. The Morgan fingerprint density at radius 2 is 1.64 bits per heavy atom. The van der Waals surface area contributed by atoms with Crippen LogP contribution in [0.15, 0.2) is 54.6 Å². The molecule has 2 N–H and O–H groups in total. The van der Waals surface area contributed by atoms with Crippen LogP contribution < -0.4 is 10.6 Å². The number of nitrogens with one attached hydrogen (secondary N) is 2. The maximum Gasteiger partial charge on any atom is 0.317 e. The first-order chi connectivity index (χ1) is 13.5. The zero-order valence-corrected chi connectivity index (χ0v) is 15.9. The maximum atomic E-state index is 12.9. The Bertz CT molecular complexity index is 790. The summed E-state index contributed by atoms with van der Waals surface area (Å²) in [5.74, 6) is -0.490.